The van der Waals surface area contributed by atoms with Gasteiger partial charge in [-0.25, -0.2) is 4.98 Å². The van der Waals surface area contributed by atoms with E-state index in [1.165, 1.54) is 19.2 Å². The van der Waals surface area contributed by atoms with Gasteiger partial charge >= 0.3 is 10.1 Å². The van der Waals surface area contributed by atoms with E-state index in [0.717, 1.165) is 0 Å². The summed E-state index contributed by atoms with van der Waals surface area (Å²) in [5, 5.41) is 0. The summed E-state index contributed by atoms with van der Waals surface area (Å²) < 4.78 is 33.0. The van der Waals surface area contributed by atoms with Gasteiger partial charge in [0, 0.05) is 12.3 Å². The highest BCUT2D eigenvalue weighted by Crippen LogP contribution is 2.27. The molecule has 0 aliphatic rings. The molecule has 0 spiro atoms. The van der Waals surface area contributed by atoms with Gasteiger partial charge in [0.2, 0.25) is 5.88 Å². The second-order valence-corrected chi connectivity index (χ2v) is 5.71. The first-order valence-electron chi connectivity index (χ1n) is 5.94. The van der Waals surface area contributed by atoms with Crippen molar-refractivity contribution in [2.45, 2.75) is 6.92 Å². The lowest BCUT2D eigenvalue weighted by molar-refractivity contribution is 0.416. The van der Waals surface area contributed by atoms with Crippen LogP contribution in [0.2, 0.25) is 0 Å². The Balaban J connectivity index is 2.40. The number of hydrogen-bond donors (Lipinski definition) is 0. The Bertz CT molecular complexity index is 701. The Hall–Kier alpha value is -2.15. The fourth-order valence-electron chi connectivity index (χ4n) is 1.54. The van der Waals surface area contributed by atoms with Gasteiger partial charge < -0.3 is 8.92 Å². The third kappa shape index (κ3) is 3.24. The predicted molar refractivity (Wildman–Crippen MR) is 74.1 cm³/mol. The smallest absolute Gasteiger partial charge is 0.310 e. The molecule has 0 saturated heterocycles. The average Bonchev–Trinajstić information content (AvgIpc) is 2.47. The molecule has 1 aromatic carbocycles. The van der Waals surface area contributed by atoms with Crippen LogP contribution < -0.4 is 8.92 Å². The maximum absolute atomic E-state index is 11.4. The first-order chi connectivity index (χ1) is 9.55. The SMILES string of the molecule is CCS(=O)(=O)Oc1ccnc(-c2ccccc2OC)n1. The van der Waals surface area contributed by atoms with Gasteiger partial charge in [0.15, 0.2) is 5.82 Å². The highest BCUT2D eigenvalue weighted by Gasteiger charge is 2.13. The molecular weight excluding hydrogens is 280 g/mol. The number of aromatic nitrogens is 2. The molecule has 0 amide bonds. The second kappa shape index (κ2) is 5.87. The van der Waals surface area contributed by atoms with E-state index in [2.05, 4.69) is 9.97 Å². The van der Waals surface area contributed by atoms with Crippen molar-refractivity contribution in [3.63, 3.8) is 0 Å². The third-order valence-electron chi connectivity index (χ3n) is 2.54. The van der Waals surface area contributed by atoms with Crippen molar-refractivity contribution in [1.29, 1.82) is 0 Å². The van der Waals surface area contributed by atoms with Crippen LogP contribution >= 0.6 is 0 Å². The summed E-state index contributed by atoms with van der Waals surface area (Å²) in [6, 6.07) is 8.59. The van der Waals surface area contributed by atoms with E-state index in [4.69, 9.17) is 8.92 Å². The van der Waals surface area contributed by atoms with Crippen molar-refractivity contribution < 1.29 is 17.3 Å². The van der Waals surface area contributed by atoms with E-state index in [-0.39, 0.29) is 11.6 Å². The van der Waals surface area contributed by atoms with E-state index in [0.29, 0.717) is 17.1 Å². The Morgan fingerprint density at radius 1 is 1.20 bits per heavy atom. The van der Waals surface area contributed by atoms with Crippen LogP contribution in [0.4, 0.5) is 0 Å². The van der Waals surface area contributed by atoms with Crippen molar-refractivity contribution in [2.24, 2.45) is 0 Å². The van der Waals surface area contributed by atoms with Crippen LogP contribution in [-0.2, 0) is 10.1 Å². The van der Waals surface area contributed by atoms with Crippen LogP contribution in [0.5, 0.6) is 11.6 Å². The van der Waals surface area contributed by atoms with Crippen molar-refractivity contribution in [1.82, 2.24) is 9.97 Å². The van der Waals surface area contributed by atoms with Crippen molar-refractivity contribution >= 4 is 10.1 Å². The van der Waals surface area contributed by atoms with Gasteiger partial charge in [0.25, 0.3) is 0 Å². The van der Waals surface area contributed by atoms with Gasteiger partial charge in [0.05, 0.1) is 18.4 Å². The molecule has 7 heteroatoms. The van der Waals surface area contributed by atoms with Crippen molar-refractivity contribution in [2.75, 3.05) is 12.9 Å². The summed E-state index contributed by atoms with van der Waals surface area (Å²) in [6.45, 7) is 1.50. The molecule has 6 nitrogen and oxygen atoms in total. The molecule has 0 saturated carbocycles. The van der Waals surface area contributed by atoms with Crippen molar-refractivity contribution in [3.05, 3.63) is 36.5 Å². The molecule has 0 aliphatic heterocycles. The monoisotopic (exact) mass is 294 g/mol. The minimum absolute atomic E-state index is 0.0113. The van der Waals surface area contributed by atoms with E-state index in [9.17, 15) is 8.42 Å². The van der Waals surface area contributed by atoms with E-state index >= 15 is 0 Å². The Morgan fingerprint density at radius 2 is 1.95 bits per heavy atom. The minimum atomic E-state index is -3.61. The normalized spacial score (nSPS) is 11.1. The molecule has 2 aromatic rings. The van der Waals surface area contributed by atoms with Gasteiger partial charge in [-0.05, 0) is 19.1 Å². The highest BCUT2D eigenvalue weighted by molar-refractivity contribution is 7.87. The Kier molecular flexibility index (Phi) is 4.19. The first kappa shape index (κ1) is 14.3. The lowest BCUT2D eigenvalue weighted by Crippen LogP contribution is -2.12. The predicted octanol–water partition coefficient (Wildman–Crippen LogP) is 1.88. The van der Waals surface area contributed by atoms with Crippen LogP contribution in [0.15, 0.2) is 36.5 Å². The van der Waals surface area contributed by atoms with Gasteiger partial charge in [-0.15, -0.1) is 0 Å². The molecule has 0 fully saturated rings. The second-order valence-electron chi connectivity index (χ2n) is 3.85. The summed E-state index contributed by atoms with van der Waals surface area (Å²) in [5.74, 6) is 0.804. The summed E-state index contributed by atoms with van der Waals surface area (Å²) in [5.41, 5.74) is 0.661. The molecule has 106 valence electrons. The quantitative estimate of drug-likeness (QED) is 0.783. The molecule has 1 heterocycles. The first-order valence-corrected chi connectivity index (χ1v) is 7.52. The molecule has 0 atom stereocenters. The molecule has 0 unspecified atom stereocenters. The number of nitrogens with zero attached hydrogens (tertiary/aromatic N) is 2. The summed E-state index contributed by atoms with van der Waals surface area (Å²) in [6.07, 6.45) is 1.44. The number of para-hydroxylation sites is 1. The van der Waals surface area contributed by atoms with Crippen LogP contribution in [0.1, 0.15) is 6.92 Å². The molecule has 0 radical (unpaired) electrons. The van der Waals surface area contributed by atoms with E-state index in [1.807, 2.05) is 12.1 Å². The maximum atomic E-state index is 11.4. The largest absolute Gasteiger partial charge is 0.496 e. The Labute approximate surface area is 117 Å². The van der Waals surface area contributed by atoms with Crippen LogP contribution in [0.3, 0.4) is 0 Å². The topological polar surface area (TPSA) is 78.4 Å². The summed E-state index contributed by atoms with van der Waals surface area (Å²) >= 11 is 0. The fraction of sp³-hybridized carbons (Fsp3) is 0.231. The fourth-order valence-corrected chi connectivity index (χ4v) is 2.01. The number of rotatable bonds is 5. The number of methoxy groups -OCH3 is 1. The third-order valence-corrected chi connectivity index (χ3v) is 3.68. The van der Waals surface area contributed by atoms with E-state index in [1.54, 1.807) is 19.2 Å². The van der Waals surface area contributed by atoms with Crippen LogP contribution in [0.25, 0.3) is 11.4 Å². The minimum Gasteiger partial charge on any atom is -0.496 e. The van der Waals surface area contributed by atoms with Gasteiger partial charge in [-0.2, -0.15) is 13.4 Å². The number of ether oxygens (including phenoxy) is 1. The zero-order valence-electron chi connectivity index (χ0n) is 11.1. The standard InChI is InChI=1S/C13H14N2O4S/c1-3-20(16,17)19-12-8-9-14-13(15-12)10-6-4-5-7-11(10)18-2/h4-9H,3H2,1-2H3. The lowest BCUT2D eigenvalue weighted by Gasteiger charge is -2.08. The van der Waals surface area contributed by atoms with Crippen molar-refractivity contribution in [3.8, 4) is 23.0 Å². The average molecular weight is 294 g/mol. The Morgan fingerprint density at radius 3 is 2.65 bits per heavy atom. The molecule has 2 rings (SSSR count). The van der Waals surface area contributed by atoms with E-state index < -0.39 is 10.1 Å². The molecule has 0 N–H and O–H groups in total. The highest BCUT2D eigenvalue weighted by atomic mass is 32.2. The van der Waals surface area contributed by atoms with Crippen LogP contribution in [0, 0.1) is 0 Å². The van der Waals surface area contributed by atoms with Gasteiger partial charge in [-0.3, -0.25) is 0 Å². The number of hydrogen-bond acceptors (Lipinski definition) is 6. The number of benzene rings is 1. The summed E-state index contributed by atoms with van der Waals surface area (Å²) in [7, 11) is -2.07. The molecule has 0 aliphatic carbocycles. The molecule has 20 heavy (non-hydrogen) atoms. The molecule has 0 bridgehead atoms. The zero-order chi connectivity index (χ0) is 14.6. The summed E-state index contributed by atoms with van der Waals surface area (Å²) in [4.78, 5) is 8.20. The molecular formula is C13H14N2O4S. The van der Waals surface area contributed by atoms with Gasteiger partial charge in [0.1, 0.15) is 5.75 Å². The maximum Gasteiger partial charge on any atom is 0.310 e. The zero-order valence-corrected chi connectivity index (χ0v) is 11.9. The van der Waals surface area contributed by atoms with Crippen LogP contribution in [-0.4, -0.2) is 31.2 Å². The lowest BCUT2D eigenvalue weighted by atomic mass is 10.2. The molecule has 1 aromatic heterocycles. The van der Waals surface area contributed by atoms with Gasteiger partial charge in [-0.1, -0.05) is 12.1 Å².